The lowest BCUT2D eigenvalue weighted by Gasteiger charge is -2.23. The fraction of sp³-hybridized carbons (Fsp3) is 0.455. The number of hydrogen-bond donors (Lipinski definition) is 2. The van der Waals surface area contributed by atoms with Crippen LogP contribution in [0.3, 0.4) is 0 Å². The molecule has 1 aromatic carbocycles. The molecular weight excluding hydrogens is 381 g/mol. The lowest BCUT2D eigenvalue weighted by Crippen LogP contribution is -2.28. The van der Waals surface area contributed by atoms with Gasteiger partial charge in [0.2, 0.25) is 5.91 Å². The van der Waals surface area contributed by atoms with E-state index in [0.717, 1.165) is 24.5 Å². The fourth-order valence-corrected chi connectivity index (χ4v) is 4.22. The van der Waals surface area contributed by atoms with E-state index in [0.29, 0.717) is 36.4 Å². The molecule has 2 aliphatic rings. The molecule has 154 valence electrons. The van der Waals surface area contributed by atoms with E-state index in [2.05, 4.69) is 10.3 Å². The number of benzene rings is 1. The summed E-state index contributed by atoms with van der Waals surface area (Å²) in [7, 11) is 0. The zero-order valence-corrected chi connectivity index (χ0v) is 16.1. The third-order valence-electron chi connectivity index (χ3n) is 5.92. The molecule has 4 nitrogen and oxygen atoms in total. The molecule has 7 heteroatoms. The minimum atomic E-state index is -4.40. The summed E-state index contributed by atoms with van der Waals surface area (Å²) in [5.41, 5.74) is 1.49. The number of nitrogens with one attached hydrogen (secondary N) is 2. The van der Waals surface area contributed by atoms with Crippen LogP contribution >= 0.6 is 0 Å². The van der Waals surface area contributed by atoms with E-state index in [1.165, 1.54) is 19.1 Å². The smallest absolute Gasteiger partial charge is 0.353 e. The van der Waals surface area contributed by atoms with Crippen molar-refractivity contribution < 1.29 is 18.0 Å². The molecule has 0 spiro atoms. The summed E-state index contributed by atoms with van der Waals surface area (Å²) in [5.74, 6) is -0.0102. The number of hydrogen-bond acceptors (Lipinski definition) is 2. The molecule has 2 heterocycles. The van der Waals surface area contributed by atoms with Crippen molar-refractivity contribution in [3.63, 3.8) is 0 Å². The van der Waals surface area contributed by atoms with Gasteiger partial charge in [0.15, 0.2) is 0 Å². The number of pyridine rings is 1. The zero-order valence-electron chi connectivity index (χ0n) is 16.1. The number of carbonyl (C=O) groups excluding carboxylic acids is 1. The number of aryl methyl sites for hydroxylation is 1. The molecule has 1 aliphatic carbocycles. The minimum Gasteiger partial charge on any atom is -0.353 e. The molecule has 1 unspecified atom stereocenters. The SMILES string of the molecule is Cc1cc(C(C[C@H]2CCC(=O)N2)c2ccc(C3CC3)c(=O)[nH]2)ccc1C(F)(F)F. The van der Waals surface area contributed by atoms with Crippen LogP contribution in [0.2, 0.25) is 0 Å². The van der Waals surface area contributed by atoms with Crippen LogP contribution in [0.15, 0.2) is 35.1 Å². The Kier molecular flexibility index (Phi) is 5.00. The third-order valence-corrected chi connectivity index (χ3v) is 5.92. The molecular formula is C22H23F3N2O2. The van der Waals surface area contributed by atoms with E-state index >= 15 is 0 Å². The van der Waals surface area contributed by atoms with Crippen molar-refractivity contribution in [1.29, 1.82) is 0 Å². The Morgan fingerprint density at radius 2 is 1.86 bits per heavy atom. The summed E-state index contributed by atoms with van der Waals surface area (Å²) < 4.78 is 39.5. The van der Waals surface area contributed by atoms with Crippen molar-refractivity contribution in [3.05, 3.63) is 68.6 Å². The first-order valence-corrected chi connectivity index (χ1v) is 9.92. The Hall–Kier alpha value is -2.57. The predicted molar refractivity (Wildman–Crippen MR) is 103 cm³/mol. The Labute approximate surface area is 166 Å². The quantitative estimate of drug-likeness (QED) is 0.777. The molecule has 1 amide bonds. The highest BCUT2D eigenvalue weighted by Crippen LogP contribution is 2.39. The number of halogens is 3. The average molecular weight is 404 g/mol. The molecule has 2 aromatic rings. The van der Waals surface area contributed by atoms with E-state index in [1.54, 1.807) is 0 Å². The summed E-state index contributed by atoms with van der Waals surface area (Å²) in [5, 5.41) is 2.92. The lowest BCUT2D eigenvalue weighted by molar-refractivity contribution is -0.138. The molecule has 2 fully saturated rings. The van der Waals surface area contributed by atoms with Crippen LogP contribution in [-0.2, 0) is 11.0 Å². The van der Waals surface area contributed by atoms with Crippen molar-refractivity contribution in [3.8, 4) is 0 Å². The maximum atomic E-state index is 13.2. The van der Waals surface area contributed by atoms with Crippen molar-refractivity contribution in [2.45, 2.75) is 63.1 Å². The maximum Gasteiger partial charge on any atom is 0.416 e. The maximum absolute atomic E-state index is 13.2. The Bertz CT molecular complexity index is 992. The van der Waals surface area contributed by atoms with Crippen molar-refractivity contribution >= 4 is 5.91 Å². The standard InChI is InChI=1S/C22H23F3N2O2/c1-12-10-14(4-7-18(12)22(23,24)25)17(11-15-5-9-20(28)26-15)19-8-6-16(13-2-3-13)21(29)27-19/h4,6-8,10,13,15,17H,2-3,5,9,11H2,1H3,(H,26,28)(H,27,29)/t15-,17?/m1/s1. The summed E-state index contributed by atoms with van der Waals surface area (Å²) >= 11 is 0. The van der Waals surface area contributed by atoms with Crippen molar-refractivity contribution in [2.24, 2.45) is 0 Å². The molecule has 1 aliphatic heterocycles. The first-order valence-electron chi connectivity index (χ1n) is 9.92. The van der Waals surface area contributed by atoms with Crippen LogP contribution in [0, 0.1) is 6.92 Å². The van der Waals surface area contributed by atoms with E-state index in [9.17, 15) is 22.8 Å². The van der Waals surface area contributed by atoms with Crippen molar-refractivity contribution in [2.75, 3.05) is 0 Å². The van der Waals surface area contributed by atoms with Gasteiger partial charge in [0, 0.05) is 29.6 Å². The highest BCUT2D eigenvalue weighted by molar-refractivity contribution is 5.78. The molecule has 0 radical (unpaired) electrons. The first-order chi connectivity index (χ1) is 13.7. The Morgan fingerprint density at radius 1 is 1.10 bits per heavy atom. The van der Waals surface area contributed by atoms with Gasteiger partial charge < -0.3 is 10.3 Å². The highest BCUT2D eigenvalue weighted by atomic mass is 19.4. The summed E-state index contributed by atoms with van der Waals surface area (Å²) in [6.07, 6.45) is -0.733. The molecule has 2 atom stereocenters. The van der Waals surface area contributed by atoms with Crippen LogP contribution in [-0.4, -0.2) is 16.9 Å². The number of aromatic nitrogens is 1. The number of H-pyrrole nitrogens is 1. The molecule has 0 bridgehead atoms. The van der Waals surface area contributed by atoms with Crippen LogP contribution in [0.4, 0.5) is 13.2 Å². The molecule has 1 saturated carbocycles. The van der Waals surface area contributed by atoms with Gasteiger partial charge in [0.05, 0.1) is 5.56 Å². The topological polar surface area (TPSA) is 62.0 Å². The van der Waals surface area contributed by atoms with Gasteiger partial charge in [-0.25, -0.2) is 0 Å². The summed E-state index contributed by atoms with van der Waals surface area (Å²) in [6.45, 7) is 1.44. The summed E-state index contributed by atoms with van der Waals surface area (Å²) in [4.78, 5) is 27.1. The van der Waals surface area contributed by atoms with Crippen LogP contribution < -0.4 is 10.9 Å². The monoisotopic (exact) mass is 404 g/mol. The van der Waals surface area contributed by atoms with Gasteiger partial charge in [-0.15, -0.1) is 0 Å². The lowest BCUT2D eigenvalue weighted by atomic mass is 9.86. The normalized spacial score (nSPS) is 20.6. The van der Waals surface area contributed by atoms with Gasteiger partial charge in [-0.2, -0.15) is 13.2 Å². The van der Waals surface area contributed by atoms with E-state index in [1.807, 2.05) is 12.1 Å². The molecule has 4 rings (SSSR count). The number of carbonyl (C=O) groups is 1. The molecule has 1 saturated heterocycles. The van der Waals surface area contributed by atoms with Crippen LogP contribution in [0.1, 0.15) is 71.9 Å². The second kappa shape index (κ2) is 7.35. The Balaban J connectivity index is 1.70. The summed E-state index contributed by atoms with van der Waals surface area (Å²) in [6, 6.07) is 7.75. The molecule has 29 heavy (non-hydrogen) atoms. The van der Waals surface area contributed by atoms with Crippen LogP contribution in [0.25, 0.3) is 0 Å². The largest absolute Gasteiger partial charge is 0.416 e. The number of aromatic amines is 1. The number of alkyl halides is 3. The van der Waals surface area contributed by atoms with Crippen molar-refractivity contribution in [1.82, 2.24) is 10.3 Å². The number of amides is 1. The second-order valence-corrected chi connectivity index (χ2v) is 8.14. The fourth-order valence-electron chi connectivity index (χ4n) is 4.22. The van der Waals surface area contributed by atoms with Gasteiger partial charge >= 0.3 is 6.18 Å². The molecule has 1 aromatic heterocycles. The zero-order chi connectivity index (χ0) is 20.8. The third kappa shape index (κ3) is 4.23. The average Bonchev–Trinajstić information content (AvgIpc) is 3.40. The minimum absolute atomic E-state index is 0.0186. The molecule has 2 N–H and O–H groups in total. The van der Waals surface area contributed by atoms with Gasteiger partial charge in [0.25, 0.3) is 5.56 Å². The van der Waals surface area contributed by atoms with E-state index < -0.39 is 11.7 Å². The first kappa shape index (κ1) is 19.7. The predicted octanol–water partition coefficient (Wildman–Crippen LogP) is 4.38. The highest BCUT2D eigenvalue weighted by Gasteiger charge is 2.33. The van der Waals surface area contributed by atoms with Gasteiger partial charge in [-0.1, -0.05) is 18.2 Å². The Morgan fingerprint density at radius 3 is 2.41 bits per heavy atom. The van der Waals surface area contributed by atoms with Gasteiger partial charge in [0.1, 0.15) is 0 Å². The number of rotatable bonds is 5. The van der Waals surface area contributed by atoms with E-state index in [4.69, 9.17) is 0 Å². The van der Waals surface area contributed by atoms with Gasteiger partial charge in [-0.05, 0) is 61.8 Å². The van der Waals surface area contributed by atoms with Gasteiger partial charge in [-0.3, -0.25) is 9.59 Å². The second-order valence-electron chi connectivity index (χ2n) is 8.14. The van der Waals surface area contributed by atoms with Crippen LogP contribution in [0.5, 0.6) is 0 Å². The van der Waals surface area contributed by atoms with E-state index in [-0.39, 0.29) is 29.0 Å².